The summed E-state index contributed by atoms with van der Waals surface area (Å²) in [5, 5.41) is 6.78. The summed E-state index contributed by atoms with van der Waals surface area (Å²) < 4.78 is 37.1. The molecule has 2 rings (SSSR count). The van der Waals surface area contributed by atoms with E-state index in [1.807, 2.05) is 0 Å². The van der Waals surface area contributed by atoms with E-state index < -0.39 is 10.0 Å². The molecule has 9 heteroatoms. The zero-order chi connectivity index (χ0) is 16.9. The standard InChI is InChI=1S/C14H20N4O4S/c1-10-14(11(2)22-17-10)23(19,20)18-12-5-6-13(16-9-12)15-7-4-8-21-3/h5-6,9,18H,4,7-8H2,1-3H3,(H,15,16). The van der Waals surface area contributed by atoms with E-state index in [4.69, 9.17) is 9.26 Å². The smallest absolute Gasteiger partial charge is 0.267 e. The Morgan fingerprint density at radius 1 is 1.30 bits per heavy atom. The van der Waals surface area contributed by atoms with Crippen LogP contribution in [-0.4, -0.2) is 38.8 Å². The highest BCUT2D eigenvalue weighted by molar-refractivity contribution is 7.92. The van der Waals surface area contributed by atoms with E-state index in [-0.39, 0.29) is 10.7 Å². The van der Waals surface area contributed by atoms with Crippen LogP contribution in [0.25, 0.3) is 0 Å². The summed E-state index contributed by atoms with van der Waals surface area (Å²) in [6.07, 6.45) is 2.31. The second kappa shape index (κ2) is 7.42. The molecule has 0 saturated carbocycles. The van der Waals surface area contributed by atoms with Gasteiger partial charge in [-0.3, -0.25) is 4.72 Å². The molecule has 2 aromatic rings. The summed E-state index contributed by atoms with van der Waals surface area (Å²) in [7, 11) is -2.10. The van der Waals surface area contributed by atoms with E-state index in [0.717, 1.165) is 13.0 Å². The zero-order valence-corrected chi connectivity index (χ0v) is 14.1. The Morgan fingerprint density at radius 3 is 2.65 bits per heavy atom. The van der Waals surface area contributed by atoms with Gasteiger partial charge in [0.05, 0.1) is 11.9 Å². The molecule has 0 aliphatic rings. The third-order valence-electron chi connectivity index (χ3n) is 3.08. The summed E-state index contributed by atoms with van der Waals surface area (Å²) in [6, 6.07) is 3.35. The van der Waals surface area contributed by atoms with Gasteiger partial charge in [0.2, 0.25) is 0 Å². The van der Waals surface area contributed by atoms with Crippen molar-refractivity contribution in [1.82, 2.24) is 10.1 Å². The predicted octanol–water partition coefficient (Wildman–Crippen LogP) is 1.94. The zero-order valence-electron chi connectivity index (χ0n) is 13.3. The number of nitrogens with zero attached hydrogens (tertiary/aromatic N) is 2. The molecule has 0 atom stereocenters. The van der Waals surface area contributed by atoms with Crippen molar-refractivity contribution in [2.24, 2.45) is 0 Å². The SMILES string of the molecule is COCCCNc1ccc(NS(=O)(=O)c2c(C)noc2C)cn1. The second-order valence-electron chi connectivity index (χ2n) is 4.96. The number of sulfonamides is 1. The monoisotopic (exact) mass is 340 g/mol. The van der Waals surface area contributed by atoms with Crippen LogP contribution in [-0.2, 0) is 14.8 Å². The van der Waals surface area contributed by atoms with Crippen molar-refractivity contribution in [2.45, 2.75) is 25.2 Å². The molecule has 2 aromatic heterocycles. The Morgan fingerprint density at radius 2 is 2.09 bits per heavy atom. The Bertz CT molecular complexity index is 721. The van der Waals surface area contributed by atoms with Gasteiger partial charge in [-0.1, -0.05) is 5.16 Å². The van der Waals surface area contributed by atoms with Gasteiger partial charge in [-0.2, -0.15) is 0 Å². The molecule has 0 fully saturated rings. The Balaban J connectivity index is 2.03. The highest BCUT2D eigenvalue weighted by Gasteiger charge is 2.24. The Labute approximate surface area is 135 Å². The van der Waals surface area contributed by atoms with Gasteiger partial charge in [0, 0.05) is 20.3 Å². The van der Waals surface area contributed by atoms with Crippen molar-refractivity contribution < 1.29 is 17.7 Å². The number of aromatic nitrogens is 2. The number of rotatable bonds is 8. The lowest BCUT2D eigenvalue weighted by atomic mass is 10.4. The summed E-state index contributed by atoms with van der Waals surface area (Å²) >= 11 is 0. The van der Waals surface area contributed by atoms with E-state index >= 15 is 0 Å². The molecular weight excluding hydrogens is 320 g/mol. The van der Waals surface area contributed by atoms with Crippen LogP contribution < -0.4 is 10.0 Å². The van der Waals surface area contributed by atoms with Crippen LogP contribution in [0.15, 0.2) is 27.7 Å². The van der Waals surface area contributed by atoms with E-state index in [0.29, 0.717) is 23.8 Å². The molecule has 0 unspecified atom stereocenters. The first-order valence-electron chi connectivity index (χ1n) is 7.08. The number of hydrogen-bond donors (Lipinski definition) is 2. The van der Waals surface area contributed by atoms with Crippen molar-refractivity contribution in [1.29, 1.82) is 0 Å². The number of anilines is 2. The fourth-order valence-electron chi connectivity index (χ4n) is 2.06. The predicted molar refractivity (Wildman–Crippen MR) is 86.0 cm³/mol. The van der Waals surface area contributed by atoms with E-state index in [1.165, 1.54) is 6.20 Å². The molecule has 0 saturated heterocycles. The van der Waals surface area contributed by atoms with Crippen LogP contribution in [0.1, 0.15) is 17.9 Å². The maximum atomic E-state index is 12.4. The Kier molecular flexibility index (Phi) is 5.56. The van der Waals surface area contributed by atoms with Crippen molar-refractivity contribution in [3.63, 3.8) is 0 Å². The molecule has 0 spiro atoms. The lowest BCUT2D eigenvalue weighted by Crippen LogP contribution is -2.15. The van der Waals surface area contributed by atoms with Crippen LogP contribution >= 0.6 is 0 Å². The molecule has 0 aliphatic carbocycles. The first-order valence-corrected chi connectivity index (χ1v) is 8.57. The normalized spacial score (nSPS) is 11.4. The second-order valence-corrected chi connectivity index (χ2v) is 6.58. The quantitative estimate of drug-likeness (QED) is 0.707. The molecule has 2 heterocycles. The number of nitrogens with one attached hydrogen (secondary N) is 2. The molecular formula is C14H20N4O4S. The Hall–Kier alpha value is -2.13. The number of ether oxygens (including phenoxy) is 1. The van der Waals surface area contributed by atoms with Crippen molar-refractivity contribution >= 4 is 21.5 Å². The summed E-state index contributed by atoms with van der Waals surface area (Å²) in [6.45, 7) is 4.53. The van der Waals surface area contributed by atoms with Crippen LogP contribution in [0, 0.1) is 13.8 Å². The topological polar surface area (TPSA) is 106 Å². The molecule has 8 nitrogen and oxygen atoms in total. The highest BCUT2D eigenvalue weighted by atomic mass is 32.2. The molecule has 0 amide bonds. The van der Waals surface area contributed by atoms with E-state index in [2.05, 4.69) is 20.2 Å². The van der Waals surface area contributed by atoms with Crippen molar-refractivity contribution in [3.8, 4) is 0 Å². The van der Waals surface area contributed by atoms with E-state index in [9.17, 15) is 8.42 Å². The molecule has 0 bridgehead atoms. The molecule has 0 aliphatic heterocycles. The number of pyridine rings is 1. The number of hydrogen-bond acceptors (Lipinski definition) is 7. The fraction of sp³-hybridized carbons (Fsp3) is 0.429. The van der Waals surface area contributed by atoms with Gasteiger partial charge in [-0.25, -0.2) is 13.4 Å². The molecule has 2 N–H and O–H groups in total. The van der Waals surface area contributed by atoms with Crippen molar-refractivity contribution in [3.05, 3.63) is 29.8 Å². The van der Waals surface area contributed by atoms with Crippen LogP contribution in [0.3, 0.4) is 0 Å². The van der Waals surface area contributed by atoms with Crippen LogP contribution in [0.2, 0.25) is 0 Å². The van der Waals surface area contributed by atoms with Crippen LogP contribution in [0.5, 0.6) is 0 Å². The lowest BCUT2D eigenvalue weighted by Gasteiger charge is -2.09. The molecule has 126 valence electrons. The number of methoxy groups -OCH3 is 1. The van der Waals surface area contributed by atoms with Gasteiger partial charge < -0.3 is 14.6 Å². The lowest BCUT2D eigenvalue weighted by molar-refractivity contribution is 0.198. The molecule has 0 radical (unpaired) electrons. The van der Waals surface area contributed by atoms with Gasteiger partial charge in [-0.05, 0) is 32.4 Å². The van der Waals surface area contributed by atoms with Gasteiger partial charge in [-0.15, -0.1) is 0 Å². The van der Waals surface area contributed by atoms with Gasteiger partial charge in [0.25, 0.3) is 10.0 Å². The summed E-state index contributed by atoms with van der Waals surface area (Å²) in [4.78, 5) is 4.22. The highest BCUT2D eigenvalue weighted by Crippen LogP contribution is 2.22. The number of aryl methyl sites for hydroxylation is 2. The maximum Gasteiger partial charge on any atom is 0.267 e. The van der Waals surface area contributed by atoms with Gasteiger partial charge in [0.1, 0.15) is 11.5 Å². The largest absolute Gasteiger partial charge is 0.385 e. The van der Waals surface area contributed by atoms with E-state index in [1.54, 1.807) is 33.1 Å². The van der Waals surface area contributed by atoms with Crippen molar-refractivity contribution in [2.75, 3.05) is 30.3 Å². The maximum absolute atomic E-state index is 12.4. The van der Waals surface area contributed by atoms with Gasteiger partial charge >= 0.3 is 0 Å². The van der Waals surface area contributed by atoms with Gasteiger partial charge in [0.15, 0.2) is 10.7 Å². The molecule has 23 heavy (non-hydrogen) atoms. The minimum atomic E-state index is -3.75. The van der Waals surface area contributed by atoms with Crippen LogP contribution in [0.4, 0.5) is 11.5 Å². The fourth-order valence-corrected chi connectivity index (χ4v) is 3.43. The first-order chi connectivity index (χ1) is 10.9. The third kappa shape index (κ3) is 4.42. The average molecular weight is 340 g/mol. The third-order valence-corrected chi connectivity index (χ3v) is 4.71. The molecule has 0 aromatic carbocycles. The summed E-state index contributed by atoms with van der Waals surface area (Å²) in [5.41, 5.74) is 0.687. The first kappa shape index (κ1) is 17.2. The average Bonchev–Trinajstić information content (AvgIpc) is 2.85. The minimum absolute atomic E-state index is 0.0549. The minimum Gasteiger partial charge on any atom is -0.385 e. The summed E-state index contributed by atoms with van der Waals surface area (Å²) in [5.74, 6) is 0.917.